The van der Waals surface area contributed by atoms with Crippen LogP contribution in [-0.4, -0.2) is 25.9 Å². The molecule has 2 aromatic rings. The number of carbonyl (C=O) groups excluding carboxylic acids is 1. The lowest BCUT2D eigenvalue weighted by Gasteiger charge is -2.11. The first kappa shape index (κ1) is 23.3. The number of nitrogens with zero attached hydrogens (tertiary/aromatic N) is 1. The summed E-state index contributed by atoms with van der Waals surface area (Å²) in [6.07, 6.45) is -3.69. The number of aromatic nitrogens is 1. The van der Waals surface area contributed by atoms with Gasteiger partial charge in [-0.1, -0.05) is 11.6 Å². The van der Waals surface area contributed by atoms with Crippen LogP contribution >= 0.6 is 22.9 Å². The van der Waals surface area contributed by atoms with Crippen molar-refractivity contribution in [3.05, 3.63) is 39.9 Å². The van der Waals surface area contributed by atoms with E-state index < -0.39 is 27.7 Å². The molecule has 2 rings (SSSR count). The fourth-order valence-corrected chi connectivity index (χ4v) is 4.36. The second kappa shape index (κ2) is 9.71. The summed E-state index contributed by atoms with van der Waals surface area (Å²) in [4.78, 5) is 18.0. The molecule has 0 unspecified atom stereocenters. The van der Waals surface area contributed by atoms with Crippen LogP contribution in [-0.2, 0) is 27.5 Å². The molecule has 0 bridgehead atoms. The first-order valence-corrected chi connectivity index (χ1v) is 10.8. The Morgan fingerprint density at radius 1 is 1.31 bits per heavy atom. The van der Waals surface area contributed by atoms with Crippen LogP contribution in [0.1, 0.15) is 23.3 Å². The molecule has 2 heterocycles. The number of rotatable bonds is 9. The maximum atomic E-state index is 12.6. The van der Waals surface area contributed by atoms with Crippen LogP contribution in [0.2, 0.25) is 5.02 Å². The standard InChI is InChI=1S/C15H17ClF3N5O3S2/c16-11-6-9(15(17,18)19)8-22-14(11)21-5-1-2-12(25)23-24-29(26,27)13-4-3-10(7-20)28-13/h3-4,6,8,24H,1-2,5,7,20H2,(H,21,22)(H,23,25). The van der Waals surface area contributed by atoms with E-state index in [0.29, 0.717) is 11.1 Å². The smallest absolute Gasteiger partial charge is 0.369 e. The van der Waals surface area contributed by atoms with Gasteiger partial charge < -0.3 is 11.1 Å². The highest BCUT2D eigenvalue weighted by Crippen LogP contribution is 2.32. The minimum absolute atomic E-state index is 0.0166. The number of hydrogen-bond acceptors (Lipinski definition) is 7. The summed E-state index contributed by atoms with van der Waals surface area (Å²) in [5.41, 5.74) is 6.55. The summed E-state index contributed by atoms with van der Waals surface area (Å²) < 4.78 is 61.8. The first-order valence-electron chi connectivity index (χ1n) is 8.09. The first-order chi connectivity index (χ1) is 13.5. The number of hydrogen-bond donors (Lipinski definition) is 4. The highest BCUT2D eigenvalue weighted by atomic mass is 35.5. The molecule has 0 aliphatic carbocycles. The fourth-order valence-electron chi connectivity index (χ4n) is 2.03. The van der Waals surface area contributed by atoms with E-state index in [-0.39, 0.29) is 41.0 Å². The average molecular weight is 472 g/mol. The Labute approximate surface area is 173 Å². The number of anilines is 1. The molecule has 0 saturated heterocycles. The van der Waals surface area contributed by atoms with Gasteiger partial charge in [0, 0.05) is 30.6 Å². The molecule has 29 heavy (non-hydrogen) atoms. The molecule has 0 fully saturated rings. The van der Waals surface area contributed by atoms with Crippen molar-refractivity contribution in [2.24, 2.45) is 5.73 Å². The van der Waals surface area contributed by atoms with Gasteiger partial charge in [-0.2, -0.15) is 13.2 Å². The Kier molecular flexibility index (Phi) is 7.82. The van der Waals surface area contributed by atoms with Crippen LogP contribution < -0.4 is 21.3 Å². The molecule has 1 amide bonds. The Morgan fingerprint density at radius 3 is 2.62 bits per heavy atom. The van der Waals surface area contributed by atoms with Gasteiger partial charge in [-0.15, -0.1) is 16.2 Å². The summed E-state index contributed by atoms with van der Waals surface area (Å²) >= 11 is 6.75. The predicted octanol–water partition coefficient (Wildman–Crippen LogP) is 2.48. The molecule has 0 aliphatic heterocycles. The van der Waals surface area contributed by atoms with E-state index >= 15 is 0 Å². The highest BCUT2D eigenvalue weighted by Gasteiger charge is 2.31. The van der Waals surface area contributed by atoms with Gasteiger partial charge in [-0.3, -0.25) is 10.2 Å². The number of thiophene rings is 1. The van der Waals surface area contributed by atoms with Crippen molar-refractivity contribution in [1.29, 1.82) is 0 Å². The summed E-state index contributed by atoms with van der Waals surface area (Å²) in [5, 5.41) is 2.51. The monoisotopic (exact) mass is 471 g/mol. The molecule has 0 saturated carbocycles. The van der Waals surface area contributed by atoms with E-state index in [4.69, 9.17) is 17.3 Å². The number of nitrogens with two attached hydrogens (primary N) is 1. The normalized spacial score (nSPS) is 12.0. The van der Waals surface area contributed by atoms with Crippen molar-refractivity contribution >= 4 is 44.7 Å². The molecular formula is C15H17ClF3N5O3S2. The zero-order valence-corrected chi connectivity index (χ0v) is 17.1. The summed E-state index contributed by atoms with van der Waals surface area (Å²) in [5.74, 6) is -0.536. The van der Waals surface area contributed by atoms with Gasteiger partial charge in [-0.25, -0.2) is 13.4 Å². The molecule has 14 heteroatoms. The van der Waals surface area contributed by atoms with E-state index in [2.05, 4.69) is 15.7 Å². The van der Waals surface area contributed by atoms with Crippen LogP contribution in [0.4, 0.5) is 19.0 Å². The van der Waals surface area contributed by atoms with Crippen molar-refractivity contribution < 1.29 is 26.4 Å². The lowest BCUT2D eigenvalue weighted by molar-refractivity contribution is -0.137. The molecule has 0 spiro atoms. The zero-order valence-electron chi connectivity index (χ0n) is 14.7. The number of sulfonamides is 1. The van der Waals surface area contributed by atoms with Gasteiger partial charge in [0.05, 0.1) is 10.6 Å². The molecule has 0 atom stereocenters. The number of nitrogens with one attached hydrogen (secondary N) is 3. The van der Waals surface area contributed by atoms with Crippen LogP contribution in [0.3, 0.4) is 0 Å². The van der Waals surface area contributed by atoms with E-state index in [1.165, 1.54) is 6.07 Å². The van der Waals surface area contributed by atoms with E-state index in [9.17, 15) is 26.4 Å². The third-order valence-corrected chi connectivity index (χ3v) is 6.60. The van der Waals surface area contributed by atoms with Crippen LogP contribution in [0.25, 0.3) is 0 Å². The Bertz CT molecular complexity index is 966. The van der Waals surface area contributed by atoms with Gasteiger partial charge in [-0.05, 0) is 24.6 Å². The fraction of sp³-hybridized carbons (Fsp3) is 0.333. The van der Waals surface area contributed by atoms with Gasteiger partial charge >= 0.3 is 6.18 Å². The predicted molar refractivity (Wildman–Crippen MR) is 103 cm³/mol. The highest BCUT2D eigenvalue weighted by molar-refractivity contribution is 7.91. The molecule has 160 valence electrons. The quantitative estimate of drug-likeness (QED) is 0.329. The lowest BCUT2D eigenvalue weighted by Crippen LogP contribution is -2.41. The van der Waals surface area contributed by atoms with Gasteiger partial charge in [0.1, 0.15) is 10.0 Å². The van der Waals surface area contributed by atoms with E-state index in [1.54, 1.807) is 6.07 Å². The van der Waals surface area contributed by atoms with Crippen molar-refractivity contribution in [2.75, 3.05) is 11.9 Å². The van der Waals surface area contributed by atoms with Crippen LogP contribution in [0.5, 0.6) is 0 Å². The second-order valence-corrected chi connectivity index (χ2v) is 9.15. The van der Waals surface area contributed by atoms with Gasteiger partial charge in [0.2, 0.25) is 5.91 Å². The molecule has 0 aromatic carbocycles. The lowest BCUT2D eigenvalue weighted by atomic mass is 10.2. The number of alkyl halides is 3. The van der Waals surface area contributed by atoms with Crippen molar-refractivity contribution in [3.8, 4) is 0 Å². The molecule has 0 radical (unpaired) electrons. The summed E-state index contributed by atoms with van der Waals surface area (Å²) in [6.45, 7) is 0.389. The third kappa shape index (κ3) is 6.82. The molecule has 8 nitrogen and oxygen atoms in total. The number of halogens is 4. The maximum absolute atomic E-state index is 12.6. The number of amides is 1. The van der Waals surface area contributed by atoms with Crippen molar-refractivity contribution in [2.45, 2.75) is 29.8 Å². The zero-order chi connectivity index (χ0) is 21.7. The molecular weight excluding hydrogens is 455 g/mol. The molecule has 5 N–H and O–H groups in total. The Hall–Kier alpha value is -1.93. The molecule has 0 aliphatic rings. The largest absolute Gasteiger partial charge is 0.417 e. The number of hydrazine groups is 1. The third-order valence-electron chi connectivity index (χ3n) is 3.47. The second-order valence-electron chi connectivity index (χ2n) is 5.66. The van der Waals surface area contributed by atoms with Gasteiger partial charge in [0.15, 0.2) is 0 Å². The molecule has 2 aromatic heterocycles. The number of carbonyl (C=O) groups is 1. The van der Waals surface area contributed by atoms with Crippen molar-refractivity contribution in [1.82, 2.24) is 15.2 Å². The SMILES string of the molecule is NCc1ccc(S(=O)(=O)NNC(=O)CCCNc2ncc(C(F)(F)F)cc2Cl)s1. The minimum Gasteiger partial charge on any atom is -0.369 e. The minimum atomic E-state index is -4.55. The van der Waals surface area contributed by atoms with E-state index in [0.717, 1.165) is 17.4 Å². The van der Waals surface area contributed by atoms with Crippen molar-refractivity contribution in [3.63, 3.8) is 0 Å². The Morgan fingerprint density at radius 2 is 2.03 bits per heavy atom. The maximum Gasteiger partial charge on any atom is 0.417 e. The number of pyridine rings is 1. The summed E-state index contributed by atoms with van der Waals surface area (Å²) in [6, 6.07) is 3.71. The van der Waals surface area contributed by atoms with E-state index in [1.807, 2.05) is 4.83 Å². The topological polar surface area (TPSA) is 126 Å². The average Bonchev–Trinajstić information content (AvgIpc) is 3.14. The van der Waals surface area contributed by atoms with Crippen LogP contribution in [0.15, 0.2) is 28.6 Å². The Balaban J connectivity index is 1.76. The summed E-state index contributed by atoms with van der Waals surface area (Å²) in [7, 11) is -3.89. The van der Waals surface area contributed by atoms with Crippen LogP contribution in [0, 0.1) is 0 Å². The van der Waals surface area contributed by atoms with Gasteiger partial charge in [0.25, 0.3) is 10.0 Å².